The van der Waals surface area contributed by atoms with Crippen LogP contribution < -0.4 is 0 Å². The Kier molecular flexibility index (Phi) is 5.34. The lowest BCUT2D eigenvalue weighted by atomic mass is 10.0. The van der Waals surface area contributed by atoms with Crippen molar-refractivity contribution in [2.75, 3.05) is 6.54 Å². The molecule has 0 saturated carbocycles. The number of rotatable bonds is 4. The van der Waals surface area contributed by atoms with E-state index in [-0.39, 0.29) is 24.2 Å². The van der Waals surface area contributed by atoms with Crippen LogP contribution in [-0.2, 0) is 11.2 Å². The molecular weight excluding hydrogens is 363 g/mol. The van der Waals surface area contributed by atoms with Crippen molar-refractivity contribution in [1.82, 2.24) is 10.1 Å². The van der Waals surface area contributed by atoms with E-state index in [1.165, 1.54) is 6.07 Å². The Morgan fingerprint density at radius 1 is 1.22 bits per heavy atom. The van der Waals surface area contributed by atoms with Gasteiger partial charge in [0, 0.05) is 12.6 Å². The highest BCUT2D eigenvalue weighted by atomic mass is 32.1. The van der Waals surface area contributed by atoms with Crippen LogP contribution in [0.25, 0.3) is 10.6 Å². The maximum atomic E-state index is 14.0. The lowest BCUT2D eigenvalue weighted by Crippen LogP contribution is -2.36. The monoisotopic (exact) mass is 384 g/mol. The molecule has 4 nitrogen and oxygen atoms in total. The summed E-state index contributed by atoms with van der Waals surface area (Å²) in [5, 5.41) is 6.25. The highest BCUT2D eigenvalue weighted by Gasteiger charge is 2.29. The van der Waals surface area contributed by atoms with Crippen LogP contribution in [0.4, 0.5) is 4.39 Å². The number of hydrogen-bond acceptors (Lipinski definition) is 4. The zero-order valence-electron chi connectivity index (χ0n) is 14.9. The summed E-state index contributed by atoms with van der Waals surface area (Å²) in [7, 11) is 0. The average Bonchev–Trinajstić information content (AvgIpc) is 3.31. The fourth-order valence-electron chi connectivity index (χ4n) is 3.60. The Bertz CT molecular complexity index is 907. The van der Waals surface area contributed by atoms with Gasteiger partial charge in [0.2, 0.25) is 5.91 Å². The molecule has 0 radical (unpaired) electrons. The maximum absolute atomic E-state index is 14.0. The predicted octanol–water partition coefficient (Wildman–Crippen LogP) is 5.23. The maximum Gasteiger partial charge on any atom is 0.227 e. The quantitative estimate of drug-likeness (QED) is 0.619. The number of aromatic nitrogens is 1. The van der Waals surface area contributed by atoms with Crippen molar-refractivity contribution in [3.63, 3.8) is 0 Å². The van der Waals surface area contributed by atoms with Gasteiger partial charge in [-0.3, -0.25) is 4.79 Å². The number of carbonyl (C=O) groups is 1. The summed E-state index contributed by atoms with van der Waals surface area (Å²) in [6.45, 7) is 0.666. The minimum atomic E-state index is -0.335. The van der Waals surface area contributed by atoms with E-state index in [0.717, 1.165) is 42.0 Å². The van der Waals surface area contributed by atoms with Gasteiger partial charge in [0.15, 0.2) is 5.76 Å². The Balaban J connectivity index is 1.57. The number of nitrogens with zero attached hydrogens (tertiary/aromatic N) is 2. The van der Waals surface area contributed by atoms with Crippen LogP contribution in [0.15, 0.2) is 52.4 Å². The molecule has 2 aromatic heterocycles. The van der Waals surface area contributed by atoms with Crippen LogP contribution >= 0.6 is 11.3 Å². The summed E-state index contributed by atoms with van der Waals surface area (Å²) in [6.07, 6.45) is 3.98. The van der Waals surface area contributed by atoms with Crippen LogP contribution in [-0.4, -0.2) is 22.5 Å². The van der Waals surface area contributed by atoms with Crippen molar-refractivity contribution in [3.8, 4) is 10.6 Å². The van der Waals surface area contributed by atoms with Gasteiger partial charge in [-0.05, 0) is 35.9 Å². The summed E-state index contributed by atoms with van der Waals surface area (Å²) in [5.41, 5.74) is 1.21. The molecular formula is C21H21FN2O2S. The van der Waals surface area contributed by atoms with E-state index in [9.17, 15) is 9.18 Å². The molecule has 0 spiro atoms. The van der Waals surface area contributed by atoms with Crippen LogP contribution in [0.1, 0.15) is 43.0 Å². The summed E-state index contributed by atoms with van der Waals surface area (Å²) < 4.78 is 19.5. The molecule has 140 valence electrons. The second-order valence-corrected chi connectivity index (χ2v) is 7.76. The average molecular weight is 384 g/mol. The van der Waals surface area contributed by atoms with Crippen LogP contribution in [0.3, 0.4) is 0 Å². The standard InChI is InChI=1S/C21H21FN2O2S/c22-16-8-4-3-7-15(16)13-21(25)24-11-5-1-2-9-18(24)17-14-19(26-23-17)20-10-6-12-27-20/h3-4,6-8,10,12,14,18H,1-2,5,9,11,13H2. The van der Waals surface area contributed by atoms with Crippen LogP contribution in [0, 0.1) is 5.82 Å². The summed E-state index contributed by atoms with van der Waals surface area (Å²) >= 11 is 1.59. The highest BCUT2D eigenvalue weighted by Crippen LogP contribution is 2.33. The van der Waals surface area contributed by atoms with E-state index in [4.69, 9.17) is 4.52 Å². The molecule has 1 aromatic carbocycles. The number of likely N-dealkylation sites (tertiary alicyclic amines) is 1. The Labute approximate surface area is 161 Å². The van der Waals surface area contributed by atoms with Gasteiger partial charge in [0.25, 0.3) is 0 Å². The summed E-state index contributed by atoms with van der Waals surface area (Å²) in [5.74, 6) is 0.331. The number of carbonyl (C=O) groups excluding carboxylic acids is 1. The molecule has 6 heteroatoms. The highest BCUT2D eigenvalue weighted by molar-refractivity contribution is 7.13. The van der Waals surface area contributed by atoms with Gasteiger partial charge in [0.1, 0.15) is 11.5 Å². The van der Waals surface area contributed by atoms with Gasteiger partial charge in [0.05, 0.1) is 17.3 Å². The summed E-state index contributed by atoms with van der Waals surface area (Å²) in [6, 6.07) is 12.2. The lowest BCUT2D eigenvalue weighted by Gasteiger charge is -2.28. The van der Waals surface area contributed by atoms with Crippen LogP contribution in [0.5, 0.6) is 0 Å². The van der Waals surface area contributed by atoms with E-state index < -0.39 is 0 Å². The molecule has 1 aliphatic rings. The number of thiophene rings is 1. The third-order valence-corrected chi connectivity index (χ3v) is 5.89. The molecule has 1 fully saturated rings. The van der Waals surface area contributed by atoms with E-state index in [2.05, 4.69) is 5.16 Å². The van der Waals surface area contributed by atoms with E-state index in [1.807, 2.05) is 28.5 Å². The molecule has 1 aliphatic heterocycles. The van der Waals surface area contributed by atoms with Gasteiger partial charge in [-0.25, -0.2) is 4.39 Å². The second-order valence-electron chi connectivity index (χ2n) is 6.81. The van der Waals surface area contributed by atoms with E-state index >= 15 is 0 Å². The third kappa shape index (κ3) is 3.95. The largest absolute Gasteiger partial charge is 0.355 e. The zero-order chi connectivity index (χ0) is 18.6. The molecule has 0 N–H and O–H groups in total. The summed E-state index contributed by atoms with van der Waals surface area (Å²) in [4.78, 5) is 15.9. The van der Waals surface area contributed by atoms with Gasteiger partial charge in [-0.15, -0.1) is 11.3 Å². The molecule has 1 atom stereocenters. The van der Waals surface area contributed by atoms with E-state index in [0.29, 0.717) is 12.1 Å². The van der Waals surface area contributed by atoms with Crippen molar-refractivity contribution in [2.45, 2.75) is 38.1 Å². The van der Waals surface area contributed by atoms with Gasteiger partial charge >= 0.3 is 0 Å². The molecule has 1 saturated heterocycles. The first kappa shape index (κ1) is 17.9. The molecule has 27 heavy (non-hydrogen) atoms. The Morgan fingerprint density at radius 2 is 2.11 bits per heavy atom. The van der Waals surface area contributed by atoms with E-state index in [1.54, 1.807) is 29.5 Å². The zero-order valence-corrected chi connectivity index (χ0v) is 15.8. The SMILES string of the molecule is O=C(Cc1ccccc1F)N1CCCCCC1c1cc(-c2cccs2)on1. The smallest absolute Gasteiger partial charge is 0.227 e. The topological polar surface area (TPSA) is 46.3 Å². The predicted molar refractivity (Wildman–Crippen MR) is 103 cm³/mol. The fraction of sp³-hybridized carbons (Fsp3) is 0.333. The molecule has 1 amide bonds. The normalized spacial score (nSPS) is 17.7. The molecule has 0 bridgehead atoms. The molecule has 1 unspecified atom stereocenters. The minimum absolute atomic E-state index is 0.0623. The Morgan fingerprint density at radius 3 is 2.93 bits per heavy atom. The Hall–Kier alpha value is -2.47. The van der Waals surface area contributed by atoms with Gasteiger partial charge < -0.3 is 9.42 Å². The molecule has 4 rings (SSSR count). The third-order valence-electron chi connectivity index (χ3n) is 5.01. The van der Waals surface area contributed by atoms with Crippen LogP contribution in [0.2, 0.25) is 0 Å². The molecule has 3 heterocycles. The van der Waals surface area contributed by atoms with Gasteiger partial charge in [-0.1, -0.05) is 42.3 Å². The molecule has 0 aliphatic carbocycles. The second kappa shape index (κ2) is 8.05. The fourth-order valence-corrected chi connectivity index (χ4v) is 4.27. The first-order valence-corrected chi connectivity index (χ1v) is 10.1. The van der Waals surface area contributed by atoms with Crippen molar-refractivity contribution in [3.05, 3.63) is 64.9 Å². The van der Waals surface area contributed by atoms with Crippen molar-refractivity contribution < 1.29 is 13.7 Å². The number of hydrogen-bond donors (Lipinski definition) is 0. The first-order valence-electron chi connectivity index (χ1n) is 9.26. The number of benzene rings is 1. The first-order chi connectivity index (χ1) is 13.2. The lowest BCUT2D eigenvalue weighted by molar-refractivity contribution is -0.133. The molecule has 3 aromatic rings. The van der Waals surface area contributed by atoms with Gasteiger partial charge in [-0.2, -0.15) is 0 Å². The number of halogens is 1. The number of amides is 1. The van der Waals surface area contributed by atoms with Crippen molar-refractivity contribution >= 4 is 17.2 Å². The minimum Gasteiger partial charge on any atom is -0.355 e. The van der Waals surface area contributed by atoms with Crippen molar-refractivity contribution in [2.24, 2.45) is 0 Å². The van der Waals surface area contributed by atoms with Crippen molar-refractivity contribution in [1.29, 1.82) is 0 Å².